The van der Waals surface area contributed by atoms with Crippen LogP contribution in [-0.2, 0) is 4.43 Å². The van der Waals surface area contributed by atoms with Crippen molar-refractivity contribution in [2.75, 3.05) is 6.61 Å². The van der Waals surface area contributed by atoms with Crippen LogP contribution in [0.25, 0.3) is 0 Å². The average Bonchev–Trinajstić information content (AvgIpc) is 1.90. The summed E-state index contributed by atoms with van der Waals surface area (Å²) in [6.45, 7) is 3.31. The molecule has 1 unspecified atom stereocenters. The Morgan fingerprint density at radius 3 is 2.56 bits per heavy atom. The fraction of sp³-hybridized carbons (Fsp3) is 1.00. The second-order valence-corrected chi connectivity index (χ2v) is 5.37. The molecule has 0 spiro atoms. The van der Waals surface area contributed by atoms with E-state index in [4.69, 9.17) is 4.43 Å². The molecule has 3 N–H and O–H groups in total. The summed E-state index contributed by atoms with van der Waals surface area (Å²) in [7, 11) is -0.605. The lowest BCUT2D eigenvalue weighted by Crippen LogP contribution is -2.21. The average molecular weight is 147 g/mol. The maximum atomic E-state index is 5.57. The Balaban J connectivity index is 0.000000640. The minimum Gasteiger partial charge on any atom is -0.420 e. The smallest absolute Gasteiger partial charge is 0.176 e. The van der Waals surface area contributed by atoms with Crippen molar-refractivity contribution in [1.29, 1.82) is 0 Å². The van der Waals surface area contributed by atoms with Crippen LogP contribution in [0.1, 0.15) is 19.8 Å². The van der Waals surface area contributed by atoms with Crippen LogP contribution in [0.15, 0.2) is 0 Å². The molecular formula is C6H17NOSi. The van der Waals surface area contributed by atoms with E-state index in [9.17, 15) is 0 Å². The highest BCUT2D eigenvalue weighted by Crippen LogP contribution is 2.12. The highest BCUT2D eigenvalue weighted by Gasteiger charge is 2.12. The molecule has 0 radical (unpaired) electrons. The van der Waals surface area contributed by atoms with Gasteiger partial charge in [-0.05, 0) is 18.5 Å². The molecule has 0 aromatic carbocycles. The van der Waals surface area contributed by atoms with Crippen molar-refractivity contribution in [2.24, 2.45) is 0 Å². The van der Waals surface area contributed by atoms with Gasteiger partial charge in [0.25, 0.3) is 0 Å². The molecule has 1 saturated heterocycles. The molecule has 1 rings (SSSR count). The highest BCUT2D eigenvalue weighted by molar-refractivity contribution is 6.51. The largest absolute Gasteiger partial charge is 0.420 e. The molecule has 1 fully saturated rings. The lowest BCUT2D eigenvalue weighted by Gasteiger charge is -2.18. The summed E-state index contributed by atoms with van der Waals surface area (Å²) in [4.78, 5) is 0. The Morgan fingerprint density at radius 1 is 1.44 bits per heavy atom. The van der Waals surface area contributed by atoms with E-state index in [1.165, 1.54) is 24.9 Å². The summed E-state index contributed by atoms with van der Waals surface area (Å²) in [6, 6.07) is 2.76. The van der Waals surface area contributed by atoms with Crippen LogP contribution >= 0.6 is 0 Å². The Hall–Kier alpha value is 0.137. The maximum Gasteiger partial charge on any atom is 0.176 e. The van der Waals surface area contributed by atoms with Gasteiger partial charge in [0.1, 0.15) is 0 Å². The first-order valence-corrected chi connectivity index (χ1v) is 5.65. The molecule has 9 heavy (non-hydrogen) atoms. The van der Waals surface area contributed by atoms with Crippen LogP contribution in [-0.4, -0.2) is 15.6 Å². The third-order valence-electron chi connectivity index (χ3n) is 1.73. The van der Waals surface area contributed by atoms with Gasteiger partial charge < -0.3 is 10.6 Å². The normalized spacial score (nSPS) is 27.0. The summed E-state index contributed by atoms with van der Waals surface area (Å²) < 4.78 is 5.57. The Labute approximate surface area is 58.9 Å². The quantitative estimate of drug-likeness (QED) is 0.574. The first-order valence-electron chi connectivity index (χ1n) is 3.55. The third-order valence-corrected chi connectivity index (χ3v) is 4.40. The number of hydrogen-bond acceptors (Lipinski definition) is 2. The molecule has 0 bridgehead atoms. The monoisotopic (exact) mass is 147 g/mol. The van der Waals surface area contributed by atoms with Gasteiger partial charge in [0, 0.05) is 6.61 Å². The van der Waals surface area contributed by atoms with Crippen molar-refractivity contribution in [2.45, 2.75) is 31.9 Å². The first kappa shape index (κ1) is 9.14. The minimum atomic E-state index is -0.605. The Bertz CT molecular complexity index is 64.1. The van der Waals surface area contributed by atoms with Crippen molar-refractivity contribution in [3.05, 3.63) is 0 Å². The Kier molecular flexibility index (Phi) is 5.04. The van der Waals surface area contributed by atoms with Crippen LogP contribution in [0.2, 0.25) is 12.1 Å². The van der Waals surface area contributed by atoms with Gasteiger partial charge in [0.15, 0.2) is 9.04 Å². The second kappa shape index (κ2) is 4.96. The molecule has 0 aromatic heterocycles. The van der Waals surface area contributed by atoms with Gasteiger partial charge >= 0.3 is 0 Å². The van der Waals surface area contributed by atoms with Gasteiger partial charge in [0.2, 0.25) is 0 Å². The SMILES string of the molecule is CC[SiH]1CCCCO1.N. The van der Waals surface area contributed by atoms with E-state index >= 15 is 0 Å². The summed E-state index contributed by atoms with van der Waals surface area (Å²) in [5, 5.41) is 0. The van der Waals surface area contributed by atoms with Gasteiger partial charge in [-0.1, -0.05) is 13.3 Å². The number of rotatable bonds is 1. The van der Waals surface area contributed by atoms with Crippen LogP contribution in [0.5, 0.6) is 0 Å². The maximum absolute atomic E-state index is 5.57. The summed E-state index contributed by atoms with van der Waals surface area (Å²) in [5.41, 5.74) is 0. The van der Waals surface area contributed by atoms with Crippen molar-refractivity contribution < 1.29 is 4.43 Å². The van der Waals surface area contributed by atoms with E-state index < -0.39 is 9.04 Å². The van der Waals surface area contributed by atoms with Crippen molar-refractivity contribution >= 4 is 9.04 Å². The molecule has 3 heteroatoms. The van der Waals surface area contributed by atoms with Gasteiger partial charge in [-0.15, -0.1) is 0 Å². The minimum absolute atomic E-state index is 0. The zero-order valence-corrected chi connectivity index (χ0v) is 7.38. The summed E-state index contributed by atoms with van der Waals surface area (Å²) in [6.07, 6.45) is 2.74. The topological polar surface area (TPSA) is 44.2 Å². The van der Waals surface area contributed by atoms with E-state index in [0.717, 1.165) is 6.61 Å². The van der Waals surface area contributed by atoms with Crippen LogP contribution in [0, 0.1) is 0 Å². The predicted molar refractivity (Wildman–Crippen MR) is 42.6 cm³/mol. The van der Waals surface area contributed by atoms with Crippen LogP contribution < -0.4 is 6.15 Å². The molecule has 1 heterocycles. The Morgan fingerprint density at radius 2 is 2.22 bits per heavy atom. The molecule has 1 atom stereocenters. The standard InChI is InChI=1S/C6H14OSi.H3N/c1-2-8-6-4-3-5-7-8;/h8H,2-6H2,1H3;1H3. The third kappa shape index (κ3) is 2.98. The van der Waals surface area contributed by atoms with Crippen molar-refractivity contribution in [1.82, 2.24) is 6.15 Å². The van der Waals surface area contributed by atoms with E-state index in [0.29, 0.717) is 0 Å². The summed E-state index contributed by atoms with van der Waals surface area (Å²) >= 11 is 0. The van der Waals surface area contributed by atoms with Crippen molar-refractivity contribution in [3.63, 3.8) is 0 Å². The molecule has 1 aliphatic rings. The van der Waals surface area contributed by atoms with Crippen LogP contribution in [0.4, 0.5) is 0 Å². The zero-order chi connectivity index (χ0) is 5.82. The molecule has 2 nitrogen and oxygen atoms in total. The fourth-order valence-electron chi connectivity index (χ4n) is 1.13. The predicted octanol–water partition coefficient (Wildman–Crippen LogP) is 1.70. The van der Waals surface area contributed by atoms with Gasteiger partial charge in [-0.2, -0.15) is 0 Å². The molecule has 56 valence electrons. The summed E-state index contributed by atoms with van der Waals surface area (Å²) in [5.74, 6) is 0. The molecule has 0 amide bonds. The van der Waals surface area contributed by atoms with Crippen LogP contribution in [0.3, 0.4) is 0 Å². The van der Waals surface area contributed by atoms with Crippen molar-refractivity contribution in [3.8, 4) is 0 Å². The molecular weight excluding hydrogens is 130 g/mol. The van der Waals surface area contributed by atoms with E-state index in [-0.39, 0.29) is 6.15 Å². The van der Waals surface area contributed by atoms with Gasteiger partial charge in [-0.3, -0.25) is 0 Å². The van der Waals surface area contributed by atoms with Gasteiger partial charge in [0.05, 0.1) is 0 Å². The lowest BCUT2D eigenvalue weighted by molar-refractivity contribution is 0.287. The second-order valence-electron chi connectivity index (χ2n) is 2.40. The fourth-order valence-corrected chi connectivity index (χ4v) is 3.18. The zero-order valence-electron chi connectivity index (χ0n) is 6.23. The van der Waals surface area contributed by atoms with Gasteiger partial charge in [-0.25, -0.2) is 0 Å². The lowest BCUT2D eigenvalue weighted by atomic mass is 10.4. The molecule has 0 saturated carbocycles. The van der Waals surface area contributed by atoms with E-state index in [1.54, 1.807) is 0 Å². The molecule has 0 aromatic rings. The van der Waals surface area contributed by atoms with E-state index in [1.807, 2.05) is 0 Å². The molecule has 0 aliphatic carbocycles. The highest BCUT2D eigenvalue weighted by atomic mass is 28.3. The first-order chi connectivity index (χ1) is 3.93. The van der Waals surface area contributed by atoms with E-state index in [2.05, 4.69) is 6.92 Å². The molecule has 1 aliphatic heterocycles. The number of hydrogen-bond donors (Lipinski definition) is 1.